The normalized spacial score (nSPS) is 36.2. The number of hydrogen-bond donors (Lipinski definition) is 1. The lowest BCUT2D eigenvalue weighted by Crippen LogP contribution is -2.26. The van der Waals surface area contributed by atoms with Gasteiger partial charge in [0.15, 0.2) is 4.93 Å². The van der Waals surface area contributed by atoms with Crippen LogP contribution in [0.3, 0.4) is 0 Å². The lowest BCUT2D eigenvalue weighted by atomic mass is 9.82. The third kappa shape index (κ3) is 1.12. The van der Waals surface area contributed by atoms with Crippen LogP contribution in [0.2, 0.25) is 0 Å². The maximum absolute atomic E-state index is 10.5. The van der Waals surface area contributed by atoms with Crippen molar-refractivity contribution in [2.75, 3.05) is 0 Å². The molecule has 1 aliphatic heterocycles. The molecule has 1 aromatic carbocycles. The van der Waals surface area contributed by atoms with E-state index in [0.717, 1.165) is 5.57 Å². The van der Waals surface area contributed by atoms with Gasteiger partial charge in [0.25, 0.3) is 0 Å². The molecule has 0 bridgehead atoms. The predicted molar refractivity (Wildman–Crippen MR) is 68.2 cm³/mol. The molecule has 0 saturated carbocycles. The second-order valence-corrected chi connectivity index (χ2v) is 6.00. The Labute approximate surface area is 99.9 Å². The lowest BCUT2D eigenvalue weighted by molar-refractivity contribution is 0.194. The Hall–Kier alpha value is -0.990. The first-order valence-electron chi connectivity index (χ1n) is 5.45. The van der Waals surface area contributed by atoms with Gasteiger partial charge in [0, 0.05) is 0 Å². The molecule has 2 unspecified atom stereocenters. The molecule has 16 heavy (non-hydrogen) atoms. The van der Waals surface area contributed by atoms with Crippen LogP contribution in [-0.2, 0) is 4.75 Å². The SMILES string of the molecule is CC1=CC2(O)SC2(c2ccccc2)C(C)=C1. The fraction of sp³-hybridized carbons (Fsp3) is 0.286. The molecule has 1 heterocycles. The van der Waals surface area contributed by atoms with Crippen LogP contribution < -0.4 is 0 Å². The smallest absolute Gasteiger partial charge is 0.153 e. The third-order valence-electron chi connectivity index (χ3n) is 3.37. The first kappa shape index (κ1) is 10.2. The summed E-state index contributed by atoms with van der Waals surface area (Å²) in [4.78, 5) is -0.725. The van der Waals surface area contributed by atoms with E-state index >= 15 is 0 Å². The molecule has 82 valence electrons. The summed E-state index contributed by atoms with van der Waals surface area (Å²) in [5.74, 6) is 0. The predicted octanol–water partition coefficient (Wildman–Crippen LogP) is 3.22. The molecule has 0 aromatic heterocycles. The van der Waals surface area contributed by atoms with Gasteiger partial charge < -0.3 is 5.11 Å². The number of hydrogen-bond acceptors (Lipinski definition) is 2. The van der Waals surface area contributed by atoms with E-state index in [-0.39, 0.29) is 4.75 Å². The van der Waals surface area contributed by atoms with Crippen LogP contribution in [-0.4, -0.2) is 10.0 Å². The number of fused-ring (bicyclic) bond motifs is 1. The number of thioether (sulfide) groups is 1. The fourth-order valence-corrected chi connectivity index (χ4v) is 4.13. The average Bonchev–Trinajstić information content (AvgIpc) is 2.87. The van der Waals surface area contributed by atoms with Crippen molar-refractivity contribution >= 4 is 11.8 Å². The number of allylic oxidation sites excluding steroid dienone is 2. The Morgan fingerprint density at radius 3 is 2.44 bits per heavy atom. The van der Waals surface area contributed by atoms with Crippen molar-refractivity contribution in [3.05, 3.63) is 59.2 Å². The number of rotatable bonds is 1. The second kappa shape index (κ2) is 3.02. The molecule has 0 spiro atoms. The second-order valence-electron chi connectivity index (χ2n) is 4.56. The van der Waals surface area contributed by atoms with Crippen molar-refractivity contribution in [2.45, 2.75) is 23.5 Å². The fourth-order valence-electron chi connectivity index (χ4n) is 2.66. The molecule has 1 N–H and O–H groups in total. The summed E-state index contributed by atoms with van der Waals surface area (Å²) < 4.78 is -0.228. The topological polar surface area (TPSA) is 20.2 Å². The minimum atomic E-state index is -0.725. The molecule has 1 nitrogen and oxygen atoms in total. The Bertz CT molecular complexity index is 503. The van der Waals surface area contributed by atoms with Gasteiger partial charge in [-0.25, -0.2) is 0 Å². The van der Waals surface area contributed by atoms with Crippen molar-refractivity contribution in [3.8, 4) is 0 Å². The van der Waals surface area contributed by atoms with Crippen LogP contribution in [0.25, 0.3) is 0 Å². The summed E-state index contributed by atoms with van der Waals surface area (Å²) in [5.41, 5.74) is 3.59. The zero-order valence-electron chi connectivity index (χ0n) is 9.40. The van der Waals surface area contributed by atoms with E-state index in [4.69, 9.17) is 0 Å². The third-order valence-corrected chi connectivity index (χ3v) is 5.08. The number of benzene rings is 1. The molecule has 1 aliphatic carbocycles. The molecular formula is C14H14OS. The van der Waals surface area contributed by atoms with Crippen molar-refractivity contribution < 1.29 is 5.11 Å². The summed E-state index contributed by atoms with van der Waals surface area (Å²) in [5, 5.41) is 10.5. The minimum Gasteiger partial charge on any atom is -0.374 e. The van der Waals surface area contributed by atoms with Crippen LogP contribution in [0.4, 0.5) is 0 Å². The summed E-state index contributed by atoms with van der Waals surface area (Å²) >= 11 is 1.62. The van der Waals surface area contributed by atoms with Gasteiger partial charge in [-0.2, -0.15) is 0 Å². The summed E-state index contributed by atoms with van der Waals surface area (Å²) in [6, 6.07) is 10.3. The van der Waals surface area contributed by atoms with E-state index in [0.29, 0.717) is 0 Å². The average molecular weight is 230 g/mol. The summed E-state index contributed by atoms with van der Waals surface area (Å²) in [6.07, 6.45) is 4.14. The monoisotopic (exact) mass is 230 g/mol. The Balaban J connectivity index is 2.14. The van der Waals surface area contributed by atoms with Crippen LogP contribution in [0, 0.1) is 0 Å². The first-order valence-corrected chi connectivity index (χ1v) is 6.26. The molecule has 1 aromatic rings. The van der Waals surface area contributed by atoms with Gasteiger partial charge in [-0.3, -0.25) is 0 Å². The highest BCUT2D eigenvalue weighted by molar-refractivity contribution is 8.09. The van der Waals surface area contributed by atoms with Crippen molar-refractivity contribution in [3.63, 3.8) is 0 Å². The van der Waals surface area contributed by atoms with Crippen LogP contribution in [0.5, 0.6) is 0 Å². The van der Waals surface area contributed by atoms with E-state index in [9.17, 15) is 5.11 Å². The molecule has 1 saturated heterocycles. The Morgan fingerprint density at radius 1 is 1.12 bits per heavy atom. The molecule has 2 atom stereocenters. The van der Waals surface area contributed by atoms with Gasteiger partial charge in [0.1, 0.15) is 4.75 Å². The molecular weight excluding hydrogens is 216 g/mol. The van der Waals surface area contributed by atoms with Gasteiger partial charge in [-0.1, -0.05) is 42.0 Å². The van der Waals surface area contributed by atoms with Crippen LogP contribution in [0.15, 0.2) is 53.6 Å². The quantitative estimate of drug-likeness (QED) is 0.747. The van der Waals surface area contributed by atoms with E-state index in [1.54, 1.807) is 11.8 Å². The molecule has 2 aliphatic rings. The molecule has 2 heteroatoms. The van der Waals surface area contributed by atoms with Crippen molar-refractivity contribution in [1.82, 2.24) is 0 Å². The molecule has 0 amide bonds. The van der Waals surface area contributed by atoms with Gasteiger partial charge in [0.2, 0.25) is 0 Å². The van der Waals surface area contributed by atoms with E-state index in [1.165, 1.54) is 11.1 Å². The van der Waals surface area contributed by atoms with E-state index in [1.807, 2.05) is 31.2 Å². The molecule has 0 radical (unpaired) electrons. The van der Waals surface area contributed by atoms with Gasteiger partial charge >= 0.3 is 0 Å². The zero-order chi connectivity index (χ0) is 11.4. The van der Waals surface area contributed by atoms with Crippen molar-refractivity contribution in [2.24, 2.45) is 0 Å². The van der Waals surface area contributed by atoms with E-state index < -0.39 is 4.93 Å². The highest BCUT2D eigenvalue weighted by Crippen LogP contribution is 2.74. The molecule has 1 fully saturated rings. The molecule has 3 rings (SSSR count). The highest BCUT2D eigenvalue weighted by atomic mass is 32.2. The summed E-state index contributed by atoms with van der Waals surface area (Å²) in [6.45, 7) is 4.14. The van der Waals surface area contributed by atoms with Gasteiger partial charge in [0.05, 0.1) is 0 Å². The maximum atomic E-state index is 10.5. The minimum absolute atomic E-state index is 0.228. The summed E-state index contributed by atoms with van der Waals surface area (Å²) in [7, 11) is 0. The number of aliphatic hydroxyl groups is 1. The van der Waals surface area contributed by atoms with Crippen molar-refractivity contribution in [1.29, 1.82) is 0 Å². The zero-order valence-corrected chi connectivity index (χ0v) is 10.2. The first-order chi connectivity index (χ1) is 7.58. The van der Waals surface area contributed by atoms with Gasteiger partial charge in [-0.05, 0) is 31.1 Å². The Morgan fingerprint density at radius 2 is 1.81 bits per heavy atom. The standard InChI is InChI=1S/C14H14OS/c1-10-8-11(2)14(13(15,9-10)16-14)12-6-4-3-5-7-12/h3-9,15H,1-2H3. The largest absolute Gasteiger partial charge is 0.374 e. The van der Waals surface area contributed by atoms with Crippen LogP contribution in [0.1, 0.15) is 19.4 Å². The Kier molecular flexibility index (Phi) is 1.92. The van der Waals surface area contributed by atoms with Crippen LogP contribution >= 0.6 is 11.8 Å². The lowest BCUT2D eigenvalue weighted by Gasteiger charge is -2.23. The van der Waals surface area contributed by atoms with Gasteiger partial charge in [-0.15, -0.1) is 11.8 Å². The van der Waals surface area contributed by atoms with E-state index in [2.05, 4.69) is 25.1 Å². The maximum Gasteiger partial charge on any atom is 0.153 e. The highest BCUT2D eigenvalue weighted by Gasteiger charge is 2.70.